The highest BCUT2D eigenvalue weighted by molar-refractivity contribution is 9.10. The lowest BCUT2D eigenvalue weighted by atomic mass is 9.90. The molecule has 2 heterocycles. The zero-order chi connectivity index (χ0) is 24.7. The first-order valence-corrected chi connectivity index (χ1v) is 12.2. The topological polar surface area (TPSA) is 79.0 Å². The smallest absolute Gasteiger partial charge is 0.268 e. The number of ether oxygens (including phenoxy) is 1. The zero-order valence-electron chi connectivity index (χ0n) is 19.3. The maximum absolute atomic E-state index is 13.8. The number of nitrogens with zero attached hydrogens (tertiary/aromatic N) is 2. The molecule has 178 valence electrons. The van der Waals surface area contributed by atoms with Crippen LogP contribution in [0.3, 0.4) is 0 Å². The lowest BCUT2D eigenvalue weighted by Gasteiger charge is -2.26. The second kappa shape index (κ2) is 9.28. The fourth-order valence-electron chi connectivity index (χ4n) is 4.77. The molecule has 2 aliphatic heterocycles. The van der Waals surface area contributed by atoms with Gasteiger partial charge in [-0.3, -0.25) is 19.4 Å². The summed E-state index contributed by atoms with van der Waals surface area (Å²) in [6.07, 6.45) is 0. The molecule has 0 radical (unpaired) electrons. The highest BCUT2D eigenvalue weighted by Crippen LogP contribution is 2.44. The van der Waals surface area contributed by atoms with Gasteiger partial charge in [0.25, 0.3) is 11.8 Å². The quantitative estimate of drug-likeness (QED) is 0.491. The van der Waals surface area contributed by atoms with Crippen molar-refractivity contribution in [1.29, 1.82) is 0 Å². The maximum atomic E-state index is 13.8. The Hall–Kier alpha value is -3.49. The van der Waals surface area contributed by atoms with Crippen molar-refractivity contribution in [3.05, 3.63) is 94.0 Å². The Kier molecular flexibility index (Phi) is 6.17. The summed E-state index contributed by atoms with van der Waals surface area (Å²) in [5.74, 6) is -1.36. The van der Waals surface area contributed by atoms with Gasteiger partial charge in [0.2, 0.25) is 5.91 Å². The van der Waals surface area contributed by atoms with E-state index < -0.39 is 23.9 Å². The van der Waals surface area contributed by atoms with E-state index in [0.717, 1.165) is 15.6 Å². The van der Waals surface area contributed by atoms with Gasteiger partial charge < -0.3 is 4.74 Å². The van der Waals surface area contributed by atoms with E-state index in [-0.39, 0.29) is 11.8 Å². The molecule has 7 nitrogen and oxygen atoms in total. The van der Waals surface area contributed by atoms with Crippen LogP contribution in [0.15, 0.2) is 77.3 Å². The van der Waals surface area contributed by atoms with Crippen LogP contribution in [0.2, 0.25) is 0 Å². The SMILES string of the molecule is CCOc1ccccc1[C@@H]1NN(C(=O)c2cccc(Br)c2)[C@H]2C(=O)N(c3ccc(C)cc3)C(=O)[C@@H]12. The fourth-order valence-corrected chi connectivity index (χ4v) is 5.17. The summed E-state index contributed by atoms with van der Waals surface area (Å²) >= 11 is 3.40. The van der Waals surface area contributed by atoms with Crippen LogP contribution in [0.4, 0.5) is 5.69 Å². The Morgan fingerprint density at radius 3 is 2.46 bits per heavy atom. The van der Waals surface area contributed by atoms with E-state index in [1.807, 2.05) is 56.3 Å². The van der Waals surface area contributed by atoms with E-state index in [0.29, 0.717) is 23.6 Å². The van der Waals surface area contributed by atoms with Crippen molar-refractivity contribution in [2.75, 3.05) is 11.5 Å². The third kappa shape index (κ3) is 4.02. The molecule has 3 aromatic rings. The van der Waals surface area contributed by atoms with E-state index in [1.165, 1.54) is 9.91 Å². The normalized spacial score (nSPS) is 21.4. The van der Waals surface area contributed by atoms with Crippen LogP contribution in [0.1, 0.15) is 34.5 Å². The van der Waals surface area contributed by atoms with Gasteiger partial charge in [0, 0.05) is 15.6 Å². The number of hydrogen-bond acceptors (Lipinski definition) is 5. The minimum atomic E-state index is -0.991. The number of nitrogens with one attached hydrogen (secondary N) is 1. The second-order valence-electron chi connectivity index (χ2n) is 8.58. The summed E-state index contributed by atoms with van der Waals surface area (Å²) in [5.41, 5.74) is 5.82. The van der Waals surface area contributed by atoms with Crippen molar-refractivity contribution in [1.82, 2.24) is 10.4 Å². The molecule has 0 spiro atoms. The Labute approximate surface area is 211 Å². The number of aryl methyl sites for hydroxylation is 1. The largest absolute Gasteiger partial charge is 0.494 e. The molecule has 0 saturated carbocycles. The Balaban J connectivity index is 1.60. The lowest BCUT2D eigenvalue weighted by molar-refractivity contribution is -0.123. The number of imide groups is 1. The Bertz CT molecular complexity index is 1310. The van der Waals surface area contributed by atoms with Crippen LogP contribution >= 0.6 is 15.9 Å². The molecule has 2 fully saturated rings. The summed E-state index contributed by atoms with van der Waals surface area (Å²) in [7, 11) is 0. The van der Waals surface area contributed by atoms with E-state index in [2.05, 4.69) is 21.4 Å². The number of para-hydroxylation sites is 1. The number of carbonyl (C=O) groups excluding carboxylic acids is 3. The summed E-state index contributed by atoms with van der Waals surface area (Å²) in [6.45, 7) is 4.27. The molecule has 0 unspecified atom stereocenters. The molecule has 0 aliphatic carbocycles. The lowest BCUT2D eigenvalue weighted by Crippen LogP contribution is -2.48. The average Bonchev–Trinajstić information content (AvgIpc) is 3.36. The van der Waals surface area contributed by atoms with Crippen molar-refractivity contribution >= 4 is 39.3 Å². The standard InChI is InChI=1S/C27H24BrN3O4/c1-3-35-21-10-5-4-9-20(21)23-22-24(31(29-23)25(32)17-7-6-8-18(28)15-17)27(34)30(26(22)33)19-13-11-16(2)12-14-19/h4-15,22-24,29H,3H2,1-2H3/t22-,23-,24+/m0/s1. The van der Waals surface area contributed by atoms with E-state index in [1.54, 1.807) is 30.3 Å². The Morgan fingerprint density at radius 1 is 1.00 bits per heavy atom. The van der Waals surface area contributed by atoms with Crippen LogP contribution in [-0.4, -0.2) is 35.4 Å². The molecular formula is C27H24BrN3O4. The first-order valence-electron chi connectivity index (χ1n) is 11.4. The van der Waals surface area contributed by atoms with Crippen molar-refractivity contribution in [3.63, 3.8) is 0 Å². The number of hydrogen-bond donors (Lipinski definition) is 1. The van der Waals surface area contributed by atoms with Crippen LogP contribution in [-0.2, 0) is 9.59 Å². The van der Waals surface area contributed by atoms with Crippen molar-refractivity contribution < 1.29 is 19.1 Å². The predicted octanol–water partition coefficient (Wildman–Crippen LogP) is 4.42. The molecule has 2 saturated heterocycles. The van der Waals surface area contributed by atoms with Crippen molar-refractivity contribution in [3.8, 4) is 5.75 Å². The molecule has 35 heavy (non-hydrogen) atoms. The third-order valence-electron chi connectivity index (χ3n) is 6.37. The molecule has 0 bridgehead atoms. The molecule has 8 heteroatoms. The molecule has 5 rings (SSSR count). The third-order valence-corrected chi connectivity index (χ3v) is 6.86. The molecule has 2 aliphatic rings. The number of benzene rings is 3. The van der Waals surface area contributed by atoms with Crippen LogP contribution in [0.25, 0.3) is 0 Å². The number of hydrazine groups is 1. The van der Waals surface area contributed by atoms with Gasteiger partial charge in [-0.05, 0) is 50.2 Å². The van der Waals surface area contributed by atoms with Gasteiger partial charge in [-0.2, -0.15) is 0 Å². The summed E-state index contributed by atoms with van der Waals surface area (Å²) < 4.78 is 6.56. The van der Waals surface area contributed by atoms with Gasteiger partial charge in [0.15, 0.2) is 0 Å². The van der Waals surface area contributed by atoms with Gasteiger partial charge >= 0.3 is 0 Å². The highest BCUT2D eigenvalue weighted by atomic mass is 79.9. The first kappa shape index (κ1) is 23.3. The van der Waals surface area contributed by atoms with Crippen LogP contribution < -0.4 is 15.1 Å². The van der Waals surface area contributed by atoms with E-state index in [4.69, 9.17) is 4.74 Å². The van der Waals surface area contributed by atoms with Crippen molar-refractivity contribution in [2.45, 2.75) is 25.9 Å². The Morgan fingerprint density at radius 2 is 1.74 bits per heavy atom. The molecule has 3 atom stereocenters. The predicted molar refractivity (Wildman–Crippen MR) is 135 cm³/mol. The maximum Gasteiger partial charge on any atom is 0.268 e. The monoisotopic (exact) mass is 533 g/mol. The molecule has 3 amide bonds. The summed E-state index contributed by atoms with van der Waals surface area (Å²) in [6, 6.07) is 20.0. The van der Waals surface area contributed by atoms with Crippen LogP contribution in [0, 0.1) is 12.8 Å². The van der Waals surface area contributed by atoms with Crippen LogP contribution in [0.5, 0.6) is 5.75 Å². The average molecular weight is 534 g/mol. The summed E-state index contributed by atoms with van der Waals surface area (Å²) in [5, 5.41) is 1.31. The fraction of sp³-hybridized carbons (Fsp3) is 0.222. The molecular weight excluding hydrogens is 510 g/mol. The van der Waals surface area contributed by atoms with Gasteiger partial charge in [0.1, 0.15) is 11.8 Å². The minimum absolute atomic E-state index is 0.350. The van der Waals surface area contributed by atoms with E-state index in [9.17, 15) is 14.4 Å². The number of rotatable bonds is 5. The minimum Gasteiger partial charge on any atom is -0.494 e. The zero-order valence-corrected chi connectivity index (χ0v) is 20.9. The number of amides is 3. The highest BCUT2D eigenvalue weighted by Gasteiger charge is 2.60. The number of halogens is 1. The van der Waals surface area contributed by atoms with Gasteiger partial charge in [-0.15, -0.1) is 0 Å². The van der Waals surface area contributed by atoms with Gasteiger partial charge in [-0.25, -0.2) is 10.3 Å². The number of fused-ring (bicyclic) bond motifs is 1. The number of carbonyl (C=O) groups is 3. The first-order chi connectivity index (χ1) is 16.9. The summed E-state index contributed by atoms with van der Waals surface area (Å²) in [4.78, 5) is 42.3. The second-order valence-corrected chi connectivity index (χ2v) is 9.50. The van der Waals surface area contributed by atoms with E-state index >= 15 is 0 Å². The van der Waals surface area contributed by atoms with Gasteiger partial charge in [0.05, 0.1) is 24.3 Å². The number of anilines is 1. The molecule has 3 aromatic carbocycles. The molecule has 0 aromatic heterocycles. The van der Waals surface area contributed by atoms with Gasteiger partial charge in [-0.1, -0.05) is 57.9 Å². The molecule has 1 N–H and O–H groups in total. The van der Waals surface area contributed by atoms with Crippen molar-refractivity contribution in [2.24, 2.45) is 5.92 Å².